The highest BCUT2D eigenvalue weighted by atomic mass is 35.5. The molecule has 4 heterocycles. The van der Waals surface area contributed by atoms with Crippen LogP contribution in [0.1, 0.15) is 0 Å². The van der Waals surface area contributed by atoms with Crippen molar-refractivity contribution >= 4 is 66.2 Å². The molecule has 0 amide bonds. The van der Waals surface area contributed by atoms with Crippen molar-refractivity contribution in [2.24, 2.45) is 0 Å². The SMILES string of the molecule is Clc1cc(-n2c3ccccc3c3cc(-c4ccc5c(c4)c4ccccc4n5-c4ccccc4)ccc32)nc2ncccc12. The minimum atomic E-state index is 0.635. The molecule has 0 spiro atoms. The first-order valence-electron chi connectivity index (χ1n) is 14.3. The second-order valence-electron chi connectivity index (χ2n) is 10.8. The minimum absolute atomic E-state index is 0.635. The van der Waals surface area contributed by atoms with Crippen molar-refractivity contribution < 1.29 is 0 Å². The number of rotatable bonds is 3. The van der Waals surface area contributed by atoms with Crippen LogP contribution in [0.15, 0.2) is 140 Å². The van der Waals surface area contributed by atoms with E-state index >= 15 is 0 Å². The van der Waals surface area contributed by atoms with Gasteiger partial charge in [0, 0.05) is 44.9 Å². The molecule has 0 bridgehead atoms. The molecule has 0 saturated heterocycles. The fourth-order valence-electron chi connectivity index (χ4n) is 6.53. The summed E-state index contributed by atoms with van der Waals surface area (Å²) in [6, 6.07) is 47.0. The lowest BCUT2D eigenvalue weighted by molar-refractivity contribution is 1.09. The van der Waals surface area contributed by atoms with Gasteiger partial charge in [0.25, 0.3) is 0 Å². The van der Waals surface area contributed by atoms with Crippen LogP contribution in [-0.2, 0) is 0 Å². The van der Waals surface area contributed by atoms with Gasteiger partial charge in [0.15, 0.2) is 5.65 Å². The molecule has 9 rings (SSSR count). The zero-order valence-electron chi connectivity index (χ0n) is 22.9. The molecule has 202 valence electrons. The van der Waals surface area contributed by atoms with Gasteiger partial charge in [-0.1, -0.05) is 78.3 Å². The summed E-state index contributed by atoms with van der Waals surface area (Å²) < 4.78 is 4.53. The highest BCUT2D eigenvalue weighted by Gasteiger charge is 2.17. The van der Waals surface area contributed by atoms with Crippen molar-refractivity contribution in [2.45, 2.75) is 0 Å². The van der Waals surface area contributed by atoms with Crippen LogP contribution in [0, 0.1) is 0 Å². The molecular weight excluding hydrogens is 548 g/mol. The van der Waals surface area contributed by atoms with Gasteiger partial charge in [-0.2, -0.15) is 0 Å². The van der Waals surface area contributed by atoms with Gasteiger partial charge in [-0.15, -0.1) is 0 Å². The molecule has 0 N–H and O–H groups in total. The number of halogens is 1. The van der Waals surface area contributed by atoms with Crippen LogP contribution in [-0.4, -0.2) is 19.1 Å². The van der Waals surface area contributed by atoms with E-state index in [1.807, 2.05) is 18.2 Å². The standard InChI is InChI=1S/C38H23ClN4/c39-32-23-37(41-38-29(32)13-8-20-40-38)43-34-15-7-5-12-28(34)31-22-25(17-19-36(31)43)24-16-18-35-30(21-24)27-11-4-6-14-33(27)42(35)26-9-2-1-3-10-26/h1-23H. The zero-order valence-corrected chi connectivity index (χ0v) is 23.7. The fourth-order valence-corrected chi connectivity index (χ4v) is 6.77. The molecule has 0 aliphatic carbocycles. The summed E-state index contributed by atoms with van der Waals surface area (Å²) in [6.07, 6.45) is 1.75. The summed E-state index contributed by atoms with van der Waals surface area (Å²) >= 11 is 6.72. The Kier molecular flexibility index (Phi) is 5.22. The van der Waals surface area contributed by atoms with Gasteiger partial charge >= 0.3 is 0 Å². The van der Waals surface area contributed by atoms with Crippen molar-refractivity contribution in [1.82, 2.24) is 19.1 Å². The summed E-state index contributed by atoms with van der Waals surface area (Å²) in [5, 5.41) is 6.30. The summed E-state index contributed by atoms with van der Waals surface area (Å²) in [4.78, 5) is 9.40. The Hall–Kier alpha value is -5.45. The van der Waals surface area contributed by atoms with E-state index < -0.39 is 0 Å². The average Bonchev–Trinajstić information content (AvgIpc) is 3.57. The van der Waals surface area contributed by atoms with Gasteiger partial charge < -0.3 is 4.57 Å². The third-order valence-electron chi connectivity index (χ3n) is 8.44. The van der Waals surface area contributed by atoms with Crippen LogP contribution in [0.2, 0.25) is 5.02 Å². The molecule has 0 atom stereocenters. The minimum Gasteiger partial charge on any atom is -0.309 e. The normalized spacial score (nSPS) is 11.8. The number of para-hydroxylation sites is 3. The van der Waals surface area contributed by atoms with Gasteiger partial charge in [-0.3, -0.25) is 4.57 Å². The molecule has 0 aliphatic rings. The highest BCUT2D eigenvalue weighted by Crippen LogP contribution is 2.38. The van der Waals surface area contributed by atoms with Crippen LogP contribution in [0.25, 0.3) is 77.3 Å². The summed E-state index contributed by atoms with van der Waals surface area (Å²) in [5.41, 5.74) is 8.69. The predicted octanol–water partition coefficient (Wildman–Crippen LogP) is 10.1. The van der Waals surface area contributed by atoms with Crippen molar-refractivity contribution in [2.75, 3.05) is 0 Å². The van der Waals surface area contributed by atoms with E-state index in [-0.39, 0.29) is 0 Å². The van der Waals surface area contributed by atoms with Crippen molar-refractivity contribution in [3.05, 3.63) is 145 Å². The maximum absolute atomic E-state index is 6.72. The van der Waals surface area contributed by atoms with Crippen LogP contribution < -0.4 is 0 Å². The van der Waals surface area contributed by atoms with E-state index in [1.54, 1.807) is 6.20 Å². The second kappa shape index (κ2) is 9.28. The molecule has 0 saturated carbocycles. The lowest BCUT2D eigenvalue weighted by atomic mass is 10.0. The van der Waals surface area contributed by atoms with Crippen LogP contribution in [0.4, 0.5) is 0 Å². The first-order chi connectivity index (χ1) is 21.2. The molecule has 0 fully saturated rings. The Morgan fingerprint density at radius 3 is 1.72 bits per heavy atom. The quantitative estimate of drug-likeness (QED) is 0.212. The maximum atomic E-state index is 6.72. The molecule has 5 aromatic carbocycles. The average molecular weight is 571 g/mol. The van der Waals surface area contributed by atoms with Crippen LogP contribution >= 0.6 is 11.6 Å². The largest absolute Gasteiger partial charge is 0.309 e. The topological polar surface area (TPSA) is 35.6 Å². The number of pyridine rings is 2. The van der Waals surface area contributed by atoms with Crippen LogP contribution in [0.3, 0.4) is 0 Å². The Balaban J connectivity index is 1.26. The Morgan fingerprint density at radius 1 is 0.465 bits per heavy atom. The molecule has 0 aliphatic heterocycles. The summed E-state index contributed by atoms with van der Waals surface area (Å²) in [6.45, 7) is 0. The first-order valence-corrected chi connectivity index (χ1v) is 14.7. The fraction of sp³-hybridized carbons (Fsp3) is 0. The molecule has 5 heteroatoms. The van der Waals surface area contributed by atoms with Crippen molar-refractivity contribution in [3.63, 3.8) is 0 Å². The van der Waals surface area contributed by atoms with Gasteiger partial charge in [-0.05, 0) is 71.8 Å². The number of aromatic nitrogens is 4. The van der Waals surface area contributed by atoms with E-state index in [2.05, 4.69) is 129 Å². The Morgan fingerprint density at radius 2 is 1.02 bits per heavy atom. The number of nitrogens with zero attached hydrogens (tertiary/aromatic N) is 4. The maximum Gasteiger partial charge on any atom is 0.163 e. The molecule has 4 aromatic heterocycles. The second-order valence-corrected chi connectivity index (χ2v) is 11.2. The lowest BCUT2D eigenvalue weighted by Crippen LogP contribution is -1.99. The lowest BCUT2D eigenvalue weighted by Gasteiger charge is -2.10. The molecule has 0 radical (unpaired) electrons. The molecule has 43 heavy (non-hydrogen) atoms. The number of hydrogen-bond donors (Lipinski definition) is 0. The smallest absolute Gasteiger partial charge is 0.163 e. The van der Waals surface area contributed by atoms with E-state index in [1.165, 1.54) is 43.7 Å². The van der Waals surface area contributed by atoms with Gasteiger partial charge in [-0.25, -0.2) is 9.97 Å². The van der Waals surface area contributed by atoms with E-state index in [4.69, 9.17) is 16.6 Å². The summed E-state index contributed by atoms with van der Waals surface area (Å²) in [5.74, 6) is 0.755. The van der Waals surface area contributed by atoms with Crippen LogP contribution in [0.5, 0.6) is 0 Å². The van der Waals surface area contributed by atoms with Gasteiger partial charge in [0.05, 0.1) is 27.1 Å². The number of benzene rings is 5. The Bertz CT molecular complexity index is 2520. The Labute approximate surface area is 252 Å². The molecular formula is C38H23ClN4. The third-order valence-corrected chi connectivity index (χ3v) is 8.75. The van der Waals surface area contributed by atoms with E-state index in [9.17, 15) is 0 Å². The molecule has 0 unspecified atom stereocenters. The van der Waals surface area contributed by atoms with E-state index in [0.29, 0.717) is 10.7 Å². The molecule has 9 aromatic rings. The summed E-state index contributed by atoms with van der Waals surface area (Å²) in [7, 11) is 0. The number of fused-ring (bicyclic) bond motifs is 7. The van der Waals surface area contributed by atoms with Gasteiger partial charge in [0.1, 0.15) is 5.82 Å². The molecule has 4 nitrogen and oxygen atoms in total. The third kappa shape index (κ3) is 3.64. The highest BCUT2D eigenvalue weighted by molar-refractivity contribution is 6.35. The number of hydrogen-bond acceptors (Lipinski definition) is 2. The van der Waals surface area contributed by atoms with Crippen molar-refractivity contribution in [3.8, 4) is 22.6 Å². The first kappa shape index (κ1) is 24.2. The zero-order chi connectivity index (χ0) is 28.5. The predicted molar refractivity (Wildman–Crippen MR) is 179 cm³/mol. The van der Waals surface area contributed by atoms with E-state index in [0.717, 1.165) is 27.9 Å². The van der Waals surface area contributed by atoms with Gasteiger partial charge in [0.2, 0.25) is 0 Å². The van der Waals surface area contributed by atoms with Crippen molar-refractivity contribution in [1.29, 1.82) is 0 Å². The monoisotopic (exact) mass is 570 g/mol.